The van der Waals surface area contributed by atoms with Crippen LogP contribution in [0.15, 0.2) is 42.5 Å². The largest absolute Gasteiger partial charge is 0.454 e. The monoisotopic (exact) mass is 367 g/mol. The number of primary amides is 1. The van der Waals surface area contributed by atoms with Crippen LogP contribution in [-0.2, 0) is 11.3 Å². The molecular formula is C20H21N3O4. The lowest BCUT2D eigenvalue weighted by Crippen LogP contribution is -2.39. The topological polar surface area (TPSA) is 93.9 Å². The lowest BCUT2D eigenvalue weighted by Gasteiger charge is -2.21. The van der Waals surface area contributed by atoms with Gasteiger partial charge in [0.2, 0.25) is 12.7 Å². The molecule has 27 heavy (non-hydrogen) atoms. The van der Waals surface area contributed by atoms with Crippen molar-refractivity contribution in [1.82, 2.24) is 4.90 Å². The molecule has 1 atom stereocenters. The van der Waals surface area contributed by atoms with Crippen LogP contribution in [0.5, 0.6) is 11.5 Å². The molecule has 7 heteroatoms. The number of amides is 2. The molecule has 0 bridgehead atoms. The van der Waals surface area contributed by atoms with Crippen LogP contribution in [-0.4, -0.2) is 36.1 Å². The fourth-order valence-electron chi connectivity index (χ4n) is 3.51. The van der Waals surface area contributed by atoms with E-state index in [1.165, 1.54) is 0 Å². The molecule has 2 aliphatic heterocycles. The number of benzene rings is 2. The molecule has 0 radical (unpaired) electrons. The van der Waals surface area contributed by atoms with E-state index in [1.54, 1.807) is 30.3 Å². The van der Waals surface area contributed by atoms with Gasteiger partial charge in [-0.1, -0.05) is 12.1 Å². The molecular weight excluding hydrogens is 346 g/mol. The summed E-state index contributed by atoms with van der Waals surface area (Å²) in [5, 5.41) is 2.86. The molecule has 4 rings (SSSR count). The summed E-state index contributed by atoms with van der Waals surface area (Å²) in [6, 6.07) is 12.5. The number of rotatable bonds is 5. The van der Waals surface area contributed by atoms with Crippen LogP contribution in [0.1, 0.15) is 28.8 Å². The number of fused-ring (bicyclic) bond motifs is 1. The first-order valence-corrected chi connectivity index (χ1v) is 8.93. The Kier molecular flexibility index (Phi) is 4.68. The highest BCUT2D eigenvalue weighted by atomic mass is 16.7. The van der Waals surface area contributed by atoms with Gasteiger partial charge in [0, 0.05) is 23.9 Å². The summed E-state index contributed by atoms with van der Waals surface area (Å²) in [6.45, 7) is 1.71. The number of hydrogen-bond acceptors (Lipinski definition) is 5. The molecule has 0 aromatic heterocycles. The number of nitrogens with zero attached hydrogens (tertiary/aromatic N) is 1. The first kappa shape index (κ1) is 17.4. The normalized spacial score (nSPS) is 18.4. The Morgan fingerprint density at radius 1 is 1.11 bits per heavy atom. The van der Waals surface area contributed by atoms with Crippen molar-refractivity contribution in [1.29, 1.82) is 0 Å². The van der Waals surface area contributed by atoms with Crippen molar-refractivity contribution in [2.75, 3.05) is 18.7 Å². The van der Waals surface area contributed by atoms with Gasteiger partial charge in [0.15, 0.2) is 11.5 Å². The molecule has 1 fully saturated rings. The molecule has 2 heterocycles. The SMILES string of the molecule is NC(=O)[C@H]1CCCN1Cc1ccc(C(=O)Nc2ccc3c(c2)OCO3)cc1. The first-order chi connectivity index (χ1) is 13.1. The maximum Gasteiger partial charge on any atom is 0.255 e. The Bertz CT molecular complexity index is 866. The third-order valence-corrected chi connectivity index (χ3v) is 4.92. The lowest BCUT2D eigenvalue weighted by molar-refractivity contribution is -0.122. The van der Waals surface area contributed by atoms with Gasteiger partial charge in [0.25, 0.3) is 5.91 Å². The molecule has 0 aliphatic carbocycles. The molecule has 0 spiro atoms. The van der Waals surface area contributed by atoms with E-state index < -0.39 is 0 Å². The standard InChI is InChI=1S/C20H21N3O4/c21-19(24)16-2-1-9-23(16)11-13-3-5-14(6-4-13)20(25)22-15-7-8-17-18(10-15)27-12-26-17/h3-8,10,16H,1-2,9,11-12H2,(H2,21,24)(H,22,25)/t16-/m1/s1. The summed E-state index contributed by atoms with van der Waals surface area (Å²) in [5.41, 5.74) is 7.71. The van der Waals surface area contributed by atoms with Crippen LogP contribution in [0, 0.1) is 0 Å². The van der Waals surface area contributed by atoms with Gasteiger partial charge in [-0.25, -0.2) is 0 Å². The Balaban J connectivity index is 1.39. The van der Waals surface area contributed by atoms with Gasteiger partial charge in [0.1, 0.15) is 0 Å². The zero-order valence-corrected chi connectivity index (χ0v) is 14.8. The minimum absolute atomic E-state index is 0.195. The fourth-order valence-corrected chi connectivity index (χ4v) is 3.51. The van der Waals surface area contributed by atoms with E-state index in [0.29, 0.717) is 29.3 Å². The molecule has 2 amide bonds. The number of ether oxygens (including phenoxy) is 2. The van der Waals surface area contributed by atoms with E-state index in [0.717, 1.165) is 24.9 Å². The summed E-state index contributed by atoms with van der Waals surface area (Å²) < 4.78 is 10.6. The third kappa shape index (κ3) is 3.73. The zero-order chi connectivity index (χ0) is 18.8. The summed E-state index contributed by atoms with van der Waals surface area (Å²) >= 11 is 0. The molecule has 3 N–H and O–H groups in total. The van der Waals surface area contributed by atoms with Crippen molar-refractivity contribution in [3.63, 3.8) is 0 Å². The van der Waals surface area contributed by atoms with E-state index in [2.05, 4.69) is 10.2 Å². The molecule has 1 saturated heterocycles. The number of carbonyl (C=O) groups excluding carboxylic acids is 2. The second-order valence-electron chi connectivity index (χ2n) is 6.75. The lowest BCUT2D eigenvalue weighted by atomic mass is 10.1. The maximum absolute atomic E-state index is 12.5. The van der Waals surface area contributed by atoms with Crippen LogP contribution in [0.2, 0.25) is 0 Å². The van der Waals surface area contributed by atoms with E-state index in [-0.39, 0.29) is 24.6 Å². The maximum atomic E-state index is 12.5. The second kappa shape index (κ2) is 7.28. The number of nitrogens with one attached hydrogen (secondary N) is 1. The Morgan fingerprint density at radius 3 is 2.67 bits per heavy atom. The number of carbonyl (C=O) groups is 2. The van der Waals surface area contributed by atoms with Crippen LogP contribution in [0.4, 0.5) is 5.69 Å². The zero-order valence-electron chi connectivity index (χ0n) is 14.8. The van der Waals surface area contributed by atoms with Gasteiger partial charge in [-0.2, -0.15) is 0 Å². The van der Waals surface area contributed by atoms with Gasteiger partial charge in [-0.05, 0) is 49.2 Å². The molecule has 2 aliphatic rings. The Morgan fingerprint density at radius 2 is 1.89 bits per heavy atom. The highest BCUT2D eigenvalue weighted by molar-refractivity contribution is 6.04. The highest BCUT2D eigenvalue weighted by Crippen LogP contribution is 2.34. The number of anilines is 1. The minimum Gasteiger partial charge on any atom is -0.454 e. The molecule has 0 unspecified atom stereocenters. The van der Waals surface area contributed by atoms with E-state index in [9.17, 15) is 9.59 Å². The summed E-state index contributed by atoms with van der Waals surface area (Å²) in [6.07, 6.45) is 1.79. The average Bonchev–Trinajstić information content (AvgIpc) is 3.31. The second-order valence-corrected chi connectivity index (χ2v) is 6.75. The Labute approximate surface area is 157 Å². The number of likely N-dealkylation sites (tertiary alicyclic amines) is 1. The van der Waals surface area contributed by atoms with Gasteiger partial charge in [-0.15, -0.1) is 0 Å². The first-order valence-electron chi connectivity index (χ1n) is 8.93. The Hall–Kier alpha value is -3.06. The quantitative estimate of drug-likeness (QED) is 0.844. The van der Waals surface area contributed by atoms with Crippen molar-refractivity contribution < 1.29 is 19.1 Å². The number of hydrogen-bond donors (Lipinski definition) is 2. The van der Waals surface area contributed by atoms with Crippen molar-refractivity contribution in [3.8, 4) is 11.5 Å². The minimum atomic E-state index is -0.271. The van der Waals surface area contributed by atoms with E-state index in [1.807, 2.05) is 12.1 Å². The summed E-state index contributed by atoms with van der Waals surface area (Å²) in [4.78, 5) is 26.0. The van der Waals surface area contributed by atoms with Gasteiger partial charge in [0.05, 0.1) is 6.04 Å². The average molecular weight is 367 g/mol. The van der Waals surface area contributed by atoms with E-state index in [4.69, 9.17) is 15.2 Å². The van der Waals surface area contributed by atoms with Crippen molar-refractivity contribution >= 4 is 17.5 Å². The van der Waals surface area contributed by atoms with E-state index >= 15 is 0 Å². The van der Waals surface area contributed by atoms with Crippen LogP contribution in [0.25, 0.3) is 0 Å². The predicted octanol–water partition coefficient (Wildman–Crippen LogP) is 2.12. The fraction of sp³-hybridized carbons (Fsp3) is 0.300. The number of nitrogens with two attached hydrogens (primary N) is 1. The molecule has 0 saturated carbocycles. The molecule has 140 valence electrons. The van der Waals surface area contributed by atoms with Gasteiger partial charge < -0.3 is 20.5 Å². The summed E-state index contributed by atoms with van der Waals surface area (Å²) in [5.74, 6) is 0.829. The third-order valence-electron chi connectivity index (χ3n) is 4.92. The molecule has 7 nitrogen and oxygen atoms in total. The van der Waals surface area contributed by atoms with Crippen LogP contribution in [0.3, 0.4) is 0 Å². The van der Waals surface area contributed by atoms with Crippen LogP contribution >= 0.6 is 0 Å². The van der Waals surface area contributed by atoms with Gasteiger partial charge in [-0.3, -0.25) is 14.5 Å². The smallest absolute Gasteiger partial charge is 0.255 e. The molecule has 2 aromatic carbocycles. The highest BCUT2D eigenvalue weighted by Gasteiger charge is 2.28. The summed E-state index contributed by atoms with van der Waals surface area (Å²) in [7, 11) is 0. The van der Waals surface area contributed by atoms with Gasteiger partial charge >= 0.3 is 0 Å². The van der Waals surface area contributed by atoms with Crippen molar-refractivity contribution in [2.45, 2.75) is 25.4 Å². The van der Waals surface area contributed by atoms with Crippen molar-refractivity contribution in [3.05, 3.63) is 53.6 Å². The molecule has 2 aromatic rings. The predicted molar refractivity (Wildman–Crippen MR) is 99.6 cm³/mol. The van der Waals surface area contributed by atoms with Crippen molar-refractivity contribution in [2.24, 2.45) is 5.73 Å². The van der Waals surface area contributed by atoms with Crippen LogP contribution < -0.4 is 20.5 Å².